The third-order valence-electron chi connectivity index (χ3n) is 1.96. The average molecular weight is 282 g/mol. The van der Waals surface area contributed by atoms with E-state index in [2.05, 4.69) is 19.6 Å². The van der Waals surface area contributed by atoms with E-state index < -0.39 is 20.8 Å². The molecule has 2 N–H and O–H groups in total. The van der Waals surface area contributed by atoms with Gasteiger partial charge in [-0.25, -0.2) is 8.78 Å². The van der Waals surface area contributed by atoms with Crippen LogP contribution in [0, 0.1) is 0 Å². The smallest absolute Gasteiger partial charge is 0.257 e. The molecule has 0 bridgehead atoms. The van der Waals surface area contributed by atoms with Crippen molar-refractivity contribution in [1.82, 2.24) is 0 Å². The van der Waals surface area contributed by atoms with Gasteiger partial charge in [-0.15, -0.1) is 12.4 Å². The number of rotatable bonds is 4. The Morgan fingerprint density at radius 1 is 1.12 bits per heavy atom. The molecule has 0 fully saturated rings. The number of nitrogens with two attached hydrogens (primary N) is 1. The summed E-state index contributed by atoms with van der Waals surface area (Å²) in [5.41, 5.74) is 5.76. The van der Waals surface area contributed by atoms with E-state index in [9.17, 15) is 8.78 Å². The Morgan fingerprint density at radius 2 is 1.59 bits per heavy atom. The number of hydrogen-bond donors (Lipinski definition) is 1. The SMILES string of the molecule is C[Si](C)(C)Oc1ccc([C@H](N)C(F)F)cc1.Cl. The van der Waals surface area contributed by atoms with Gasteiger partial charge >= 0.3 is 0 Å². The molecule has 2 nitrogen and oxygen atoms in total. The van der Waals surface area contributed by atoms with Crippen LogP contribution in [0.15, 0.2) is 24.3 Å². The predicted octanol–water partition coefficient (Wildman–Crippen LogP) is 3.59. The molecule has 0 saturated heterocycles. The number of hydrogen-bond acceptors (Lipinski definition) is 2. The summed E-state index contributed by atoms with van der Waals surface area (Å²) in [7, 11) is -1.64. The van der Waals surface area contributed by atoms with Crippen LogP contribution in [0.5, 0.6) is 5.75 Å². The largest absolute Gasteiger partial charge is 0.544 e. The maximum absolute atomic E-state index is 12.3. The highest BCUT2D eigenvalue weighted by Crippen LogP contribution is 2.22. The zero-order valence-corrected chi connectivity index (χ0v) is 11.9. The molecule has 0 aromatic heterocycles. The van der Waals surface area contributed by atoms with E-state index in [0.717, 1.165) is 0 Å². The summed E-state index contributed by atoms with van der Waals surface area (Å²) in [6.07, 6.45) is -2.54. The van der Waals surface area contributed by atoms with Crippen molar-refractivity contribution in [2.45, 2.75) is 32.1 Å². The Balaban J connectivity index is 0.00000256. The fourth-order valence-corrected chi connectivity index (χ4v) is 2.10. The van der Waals surface area contributed by atoms with Crippen LogP contribution in [0.25, 0.3) is 0 Å². The molecule has 0 spiro atoms. The van der Waals surface area contributed by atoms with Crippen molar-refractivity contribution in [2.24, 2.45) is 5.73 Å². The summed E-state index contributed by atoms with van der Waals surface area (Å²) in [4.78, 5) is 0. The quantitative estimate of drug-likeness (QED) is 0.856. The van der Waals surface area contributed by atoms with Crippen molar-refractivity contribution in [3.63, 3.8) is 0 Å². The summed E-state index contributed by atoms with van der Waals surface area (Å²) in [6, 6.07) is 5.34. The van der Waals surface area contributed by atoms with Gasteiger partial charge in [-0.1, -0.05) is 12.1 Å². The lowest BCUT2D eigenvalue weighted by atomic mass is 10.1. The predicted molar refractivity (Wildman–Crippen MR) is 70.6 cm³/mol. The second-order valence-corrected chi connectivity index (χ2v) is 9.07. The van der Waals surface area contributed by atoms with Crippen molar-refractivity contribution in [3.8, 4) is 5.75 Å². The second-order valence-electron chi connectivity index (χ2n) is 4.64. The molecular weight excluding hydrogens is 264 g/mol. The van der Waals surface area contributed by atoms with E-state index in [-0.39, 0.29) is 12.4 Å². The summed E-state index contributed by atoms with van der Waals surface area (Å²) < 4.78 is 30.4. The molecule has 0 aliphatic heterocycles. The minimum Gasteiger partial charge on any atom is -0.544 e. The number of benzene rings is 1. The third kappa shape index (κ3) is 5.47. The van der Waals surface area contributed by atoms with E-state index in [1.165, 1.54) is 0 Å². The van der Waals surface area contributed by atoms with Crippen LogP contribution in [-0.4, -0.2) is 14.7 Å². The molecule has 0 unspecified atom stereocenters. The fraction of sp³-hybridized carbons (Fsp3) is 0.455. The first-order valence-electron chi connectivity index (χ1n) is 5.12. The van der Waals surface area contributed by atoms with Crippen molar-refractivity contribution in [2.75, 3.05) is 0 Å². The van der Waals surface area contributed by atoms with Crippen LogP contribution >= 0.6 is 12.4 Å². The molecule has 1 aromatic carbocycles. The Kier molecular flexibility index (Phi) is 6.08. The van der Waals surface area contributed by atoms with Gasteiger partial charge in [-0.3, -0.25) is 0 Å². The van der Waals surface area contributed by atoms with Gasteiger partial charge in [0.2, 0.25) is 8.32 Å². The standard InChI is InChI=1S/C11H17F2NOSi.ClH/c1-16(2,3)15-9-6-4-8(5-7-9)10(14)11(12)13;/h4-7,10-11H,14H2,1-3H3;1H/t10-;/m0./s1. The molecule has 98 valence electrons. The fourth-order valence-electron chi connectivity index (χ4n) is 1.26. The molecule has 0 radical (unpaired) electrons. The van der Waals surface area contributed by atoms with E-state index >= 15 is 0 Å². The molecule has 6 heteroatoms. The molecule has 0 aliphatic rings. The average Bonchev–Trinajstić information content (AvgIpc) is 2.15. The van der Waals surface area contributed by atoms with Crippen molar-refractivity contribution < 1.29 is 13.2 Å². The van der Waals surface area contributed by atoms with Crippen LogP contribution in [0.3, 0.4) is 0 Å². The van der Waals surface area contributed by atoms with E-state index in [4.69, 9.17) is 10.2 Å². The first kappa shape index (κ1) is 16.3. The third-order valence-corrected chi connectivity index (χ3v) is 2.81. The van der Waals surface area contributed by atoms with Crippen molar-refractivity contribution in [1.29, 1.82) is 0 Å². The maximum atomic E-state index is 12.3. The first-order valence-corrected chi connectivity index (χ1v) is 8.53. The minimum absolute atomic E-state index is 0. The Hall–Kier alpha value is -0.653. The molecule has 0 aliphatic carbocycles. The van der Waals surface area contributed by atoms with E-state index in [1.807, 2.05) is 0 Å². The van der Waals surface area contributed by atoms with Crippen LogP contribution in [0.4, 0.5) is 8.78 Å². The Bertz CT molecular complexity index is 340. The first-order chi connectivity index (χ1) is 7.29. The second kappa shape index (κ2) is 6.33. The molecule has 17 heavy (non-hydrogen) atoms. The van der Waals surface area contributed by atoms with Crippen LogP contribution in [0.1, 0.15) is 11.6 Å². The molecular formula is C11H18ClF2NOSi. The molecule has 0 heterocycles. The van der Waals surface area contributed by atoms with Gasteiger partial charge in [0, 0.05) is 0 Å². The summed E-state index contributed by atoms with van der Waals surface area (Å²) in [6.45, 7) is 6.18. The Labute approximate surface area is 108 Å². The zero-order chi connectivity index (χ0) is 12.3. The zero-order valence-electron chi connectivity index (χ0n) is 10.1. The highest BCUT2D eigenvalue weighted by atomic mass is 35.5. The Morgan fingerprint density at radius 3 is 1.94 bits per heavy atom. The van der Waals surface area contributed by atoms with Gasteiger partial charge in [-0.05, 0) is 37.3 Å². The molecule has 1 rings (SSSR count). The molecule has 1 atom stereocenters. The monoisotopic (exact) mass is 281 g/mol. The van der Waals surface area contributed by atoms with Crippen molar-refractivity contribution >= 4 is 20.7 Å². The van der Waals surface area contributed by atoms with Gasteiger partial charge in [0.1, 0.15) is 5.75 Å². The number of alkyl halides is 2. The summed E-state index contributed by atoms with van der Waals surface area (Å²) in [5.74, 6) is 0.712. The normalized spacial score (nSPS) is 13.1. The van der Waals surface area contributed by atoms with Gasteiger partial charge in [0.25, 0.3) is 6.43 Å². The highest BCUT2D eigenvalue weighted by molar-refractivity contribution is 6.70. The topological polar surface area (TPSA) is 35.2 Å². The minimum atomic E-state index is -2.54. The molecule has 0 saturated carbocycles. The molecule has 0 amide bonds. The summed E-state index contributed by atoms with van der Waals surface area (Å²) >= 11 is 0. The van der Waals surface area contributed by atoms with Gasteiger partial charge in [0.05, 0.1) is 6.04 Å². The molecule has 1 aromatic rings. The van der Waals surface area contributed by atoms with Gasteiger partial charge in [-0.2, -0.15) is 0 Å². The maximum Gasteiger partial charge on any atom is 0.257 e. The van der Waals surface area contributed by atoms with E-state index in [1.54, 1.807) is 24.3 Å². The van der Waals surface area contributed by atoms with Crippen LogP contribution < -0.4 is 10.2 Å². The lowest BCUT2D eigenvalue weighted by Crippen LogP contribution is -2.29. The van der Waals surface area contributed by atoms with E-state index in [0.29, 0.717) is 11.3 Å². The van der Waals surface area contributed by atoms with Crippen LogP contribution in [0.2, 0.25) is 19.6 Å². The van der Waals surface area contributed by atoms with Gasteiger partial charge in [0.15, 0.2) is 0 Å². The number of halogens is 3. The highest BCUT2D eigenvalue weighted by Gasteiger charge is 2.19. The summed E-state index contributed by atoms with van der Waals surface area (Å²) in [5, 5.41) is 0. The van der Waals surface area contributed by atoms with Gasteiger partial charge < -0.3 is 10.2 Å². The van der Waals surface area contributed by atoms with Crippen LogP contribution in [-0.2, 0) is 0 Å². The van der Waals surface area contributed by atoms with Crippen molar-refractivity contribution in [3.05, 3.63) is 29.8 Å². The lowest BCUT2D eigenvalue weighted by Gasteiger charge is -2.19. The lowest BCUT2D eigenvalue weighted by molar-refractivity contribution is 0.116.